The molecule has 0 saturated carbocycles. The van der Waals surface area contributed by atoms with E-state index < -0.39 is 5.92 Å². The van der Waals surface area contributed by atoms with Crippen LogP contribution in [0.1, 0.15) is 37.6 Å². The molecule has 134 valence electrons. The molecule has 0 aliphatic rings. The maximum atomic E-state index is 12.9. The zero-order chi connectivity index (χ0) is 18.3. The van der Waals surface area contributed by atoms with Crippen LogP contribution in [0.15, 0.2) is 18.2 Å². The first-order chi connectivity index (χ1) is 11.4. The Kier molecular flexibility index (Phi) is 7.55. The number of carbonyl (C=O) groups excluding carboxylic acids is 2. The Morgan fingerprint density at radius 2 is 1.71 bits per heavy atom. The smallest absolute Gasteiger partial charge is 0.310 e. The van der Waals surface area contributed by atoms with Gasteiger partial charge in [-0.15, -0.1) is 0 Å². The van der Waals surface area contributed by atoms with Gasteiger partial charge in [0.05, 0.1) is 27.2 Å². The summed E-state index contributed by atoms with van der Waals surface area (Å²) in [4.78, 5) is 26.3. The van der Waals surface area contributed by atoms with Crippen molar-refractivity contribution in [3.8, 4) is 11.5 Å². The van der Waals surface area contributed by atoms with Crippen LogP contribution in [0.3, 0.4) is 0 Å². The Labute approximate surface area is 143 Å². The second-order valence-electron chi connectivity index (χ2n) is 5.71. The highest BCUT2D eigenvalue weighted by Crippen LogP contribution is 2.28. The SMILES string of the molecule is CCC(C)N(CC(C)C(=O)OC)C(=O)c1ccc(OC)c(OC)c1. The van der Waals surface area contributed by atoms with Crippen molar-refractivity contribution in [2.75, 3.05) is 27.9 Å². The van der Waals surface area contributed by atoms with Crippen molar-refractivity contribution in [1.82, 2.24) is 4.90 Å². The lowest BCUT2D eigenvalue weighted by atomic mass is 10.1. The molecule has 0 bridgehead atoms. The van der Waals surface area contributed by atoms with Crippen LogP contribution in [0, 0.1) is 5.92 Å². The van der Waals surface area contributed by atoms with E-state index in [-0.39, 0.29) is 17.9 Å². The van der Waals surface area contributed by atoms with Crippen LogP contribution in [0.4, 0.5) is 0 Å². The maximum Gasteiger partial charge on any atom is 0.310 e. The van der Waals surface area contributed by atoms with Gasteiger partial charge in [-0.3, -0.25) is 9.59 Å². The first kappa shape index (κ1) is 19.8. The number of amides is 1. The number of rotatable bonds is 8. The van der Waals surface area contributed by atoms with Crippen molar-refractivity contribution in [3.05, 3.63) is 23.8 Å². The van der Waals surface area contributed by atoms with Crippen molar-refractivity contribution in [3.63, 3.8) is 0 Å². The first-order valence-corrected chi connectivity index (χ1v) is 8.00. The van der Waals surface area contributed by atoms with Gasteiger partial charge in [0.25, 0.3) is 5.91 Å². The molecule has 0 aliphatic heterocycles. The lowest BCUT2D eigenvalue weighted by Crippen LogP contribution is -2.42. The number of hydrogen-bond acceptors (Lipinski definition) is 5. The third-order valence-electron chi connectivity index (χ3n) is 4.09. The molecule has 2 unspecified atom stereocenters. The summed E-state index contributed by atoms with van der Waals surface area (Å²) in [6.45, 7) is 6.02. The Morgan fingerprint density at radius 1 is 1.08 bits per heavy atom. The predicted molar refractivity (Wildman–Crippen MR) is 91.5 cm³/mol. The van der Waals surface area contributed by atoms with Crippen molar-refractivity contribution in [2.45, 2.75) is 33.2 Å². The second kappa shape index (κ2) is 9.15. The molecule has 0 radical (unpaired) electrons. The average Bonchev–Trinajstić information content (AvgIpc) is 2.63. The molecule has 0 spiro atoms. The van der Waals surface area contributed by atoms with Gasteiger partial charge >= 0.3 is 5.97 Å². The van der Waals surface area contributed by atoms with Crippen LogP contribution < -0.4 is 9.47 Å². The van der Waals surface area contributed by atoms with Crippen LogP contribution in [0.5, 0.6) is 11.5 Å². The van der Waals surface area contributed by atoms with Gasteiger partial charge in [0.15, 0.2) is 11.5 Å². The Balaban J connectivity index is 3.10. The van der Waals surface area contributed by atoms with Gasteiger partial charge in [-0.1, -0.05) is 13.8 Å². The third kappa shape index (κ3) is 4.63. The summed E-state index contributed by atoms with van der Waals surface area (Å²) in [6, 6.07) is 5.05. The van der Waals surface area contributed by atoms with Crippen LogP contribution >= 0.6 is 0 Å². The van der Waals surface area contributed by atoms with Crippen molar-refractivity contribution >= 4 is 11.9 Å². The number of benzene rings is 1. The average molecular weight is 337 g/mol. The summed E-state index contributed by atoms with van der Waals surface area (Å²) in [5, 5.41) is 0. The summed E-state index contributed by atoms with van der Waals surface area (Å²) in [6.07, 6.45) is 0.785. The topological polar surface area (TPSA) is 65.1 Å². The maximum absolute atomic E-state index is 12.9. The molecule has 1 rings (SSSR count). The van der Waals surface area contributed by atoms with E-state index in [0.717, 1.165) is 6.42 Å². The van der Waals surface area contributed by atoms with E-state index >= 15 is 0 Å². The van der Waals surface area contributed by atoms with Gasteiger partial charge in [-0.05, 0) is 31.5 Å². The van der Waals surface area contributed by atoms with E-state index in [9.17, 15) is 9.59 Å². The molecule has 6 nitrogen and oxygen atoms in total. The van der Waals surface area contributed by atoms with Gasteiger partial charge < -0.3 is 19.1 Å². The highest BCUT2D eigenvalue weighted by molar-refractivity contribution is 5.95. The number of esters is 1. The minimum absolute atomic E-state index is 0.00213. The van der Waals surface area contributed by atoms with Crippen LogP contribution in [0.2, 0.25) is 0 Å². The van der Waals surface area contributed by atoms with Gasteiger partial charge in [0, 0.05) is 18.2 Å². The summed E-state index contributed by atoms with van der Waals surface area (Å²) in [7, 11) is 4.42. The zero-order valence-electron chi connectivity index (χ0n) is 15.3. The quantitative estimate of drug-likeness (QED) is 0.683. The molecular formula is C18H27NO5. The third-order valence-corrected chi connectivity index (χ3v) is 4.09. The van der Waals surface area contributed by atoms with Crippen molar-refractivity contribution in [1.29, 1.82) is 0 Å². The monoisotopic (exact) mass is 337 g/mol. The van der Waals surface area contributed by atoms with Gasteiger partial charge in [0.1, 0.15) is 0 Å². The fraction of sp³-hybridized carbons (Fsp3) is 0.556. The molecule has 1 aromatic rings. The summed E-state index contributed by atoms with van der Waals surface area (Å²) in [5.41, 5.74) is 0.491. The summed E-state index contributed by atoms with van der Waals surface area (Å²) < 4.78 is 15.2. The molecule has 6 heteroatoms. The zero-order valence-corrected chi connectivity index (χ0v) is 15.3. The molecule has 1 aromatic carbocycles. The van der Waals surface area contributed by atoms with E-state index in [0.29, 0.717) is 23.6 Å². The second-order valence-corrected chi connectivity index (χ2v) is 5.71. The largest absolute Gasteiger partial charge is 0.493 e. The van der Waals surface area contributed by atoms with E-state index in [2.05, 4.69) is 0 Å². The number of ether oxygens (including phenoxy) is 3. The van der Waals surface area contributed by atoms with Crippen LogP contribution in [-0.4, -0.2) is 50.7 Å². The molecule has 1 amide bonds. The van der Waals surface area contributed by atoms with Gasteiger partial charge in [-0.25, -0.2) is 0 Å². The Hall–Kier alpha value is -2.24. The Bertz CT molecular complexity index is 573. The van der Waals surface area contributed by atoms with E-state index in [1.54, 1.807) is 37.1 Å². The molecular weight excluding hydrogens is 310 g/mol. The lowest BCUT2D eigenvalue weighted by Gasteiger charge is -2.30. The molecule has 24 heavy (non-hydrogen) atoms. The van der Waals surface area contributed by atoms with Gasteiger partial charge in [0.2, 0.25) is 0 Å². The Morgan fingerprint density at radius 3 is 2.21 bits per heavy atom. The molecule has 0 aromatic heterocycles. The van der Waals surface area contributed by atoms with Crippen LogP contribution in [-0.2, 0) is 9.53 Å². The molecule has 0 heterocycles. The van der Waals surface area contributed by atoms with E-state index in [4.69, 9.17) is 14.2 Å². The standard InChI is InChI=1S/C18H27NO5/c1-7-13(3)19(11-12(2)18(21)24-6)17(20)14-8-9-15(22-4)16(10-14)23-5/h8-10,12-13H,7,11H2,1-6H3. The molecule has 0 N–H and O–H groups in total. The van der Waals surface area contributed by atoms with E-state index in [1.165, 1.54) is 14.2 Å². The molecule has 0 fully saturated rings. The van der Waals surface area contributed by atoms with E-state index in [1.807, 2.05) is 13.8 Å². The fourth-order valence-electron chi connectivity index (χ4n) is 2.39. The molecule has 2 atom stereocenters. The van der Waals surface area contributed by atoms with Gasteiger partial charge in [-0.2, -0.15) is 0 Å². The lowest BCUT2D eigenvalue weighted by molar-refractivity contribution is -0.145. The molecule has 0 saturated heterocycles. The van der Waals surface area contributed by atoms with Crippen LogP contribution in [0.25, 0.3) is 0 Å². The normalized spacial score (nSPS) is 12.9. The first-order valence-electron chi connectivity index (χ1n) is 8.00. The minimum Gasteiger partial charge on any atom is -0.493 e. The van der Waals surface area contributed by atoms with Crippen molar-refractivity contribution in [2.24, 2.45) is 5.92 Å². The van der Waals surface area contributed by atoms with Crippen molar-refractivity contribution < 1.29 is 23.8 Å². The predicted octanol–water partition coefficient (Wildman–Crippen LogP) is 2.75. The fourth-order valence-corrected chi connectivity index (χ4v) is 2.39. The number of hydrogen-bond donors (Lipinski definition) is 0. The minimum atomic E-state index is -0.395. The highest BCUT2D eigenvalue weighted by atomic mass is 16.5. The summed E-state index contributed by atoms with van der Waals surface area (Å²) in [5.74, 6) is 0.179. The number of nitrogens with zero attached hydrogens (tertiary/aromatic N) is 1. The molecule has 0 aliphatic carbocycles. The highest BCUT2D eigenvalue weighted by Gasteiger charge is 2.26. The number of carbonyl (C=O) groups is 2. The number of methoxy groups -OCH3 is 3. The summed E-state index contributed by atoms with van der Waals surface area (Å²) >= 11 is 0.